The molecule has 0 amide bonds. The molecule has 0 rings (SSSR count). The molecule has 0 aromatic rings. The summed E-state index contributed by atoms with van der Waals surface area (Å²) in [6.45, 7) is -0.606. The summed E-state index contributed by atoms with van der Waals surface area (Å²) in [5.74, 6) is -0.480. The molecule has 0 saturated heterocycles. The van der Waals surface area contributed by atoms with Crippen LogP contribution in [0.25, 0.3) is 0 Å². The van der Waals surface area contributed by atoms with Crippen molar-refractivity contribution in [1.82, 2.24) is 0 Å². The summed E-state index contributed by atoms with van der Waals surface area (Å²) >= 11 is 0. The van der Waals surface area contributed by atoms with E-state index in [4.69, 9.17) is 10.2 Å². The van der Waals surface area contributed by atoms with E-state index in [9.17, 15) is 4.79 Å². The molecule has 0 aliphatic carbocycles. The first-order valence-corrected chi connectivity index (χ1v) is 2.68. The van der Waals surface area contributed by atoms with Crippen LogP contribution < -0.4 is 0 Å². The Balaban J connectivity index is 0. The second kappa shape index (κ2) is 9.27. The van der Waals surface area contributed by atoms with Gasteiger partial charge >= 0.3 is 32.2 Å². The van der Waals surface area contributed by atoms with Crippen molar-refractivity contribution in [3.8, 4) is 0 Å². The Morgan fingerprint density at radius 3 is 2.40 bits per heavy atom. The predicted octanol–water partition coefficient (Wildman–Crippen LogP) is -1.93. The average Bonchev–Trinajstić information content (AvgIpc) is 1.85. The number of hydrogen-bond acceptors (Lipinski definition) is 4. The first-order valence-electron chi connectivity index (χ1n) is 2.68. The van der Waals surface area contributed by atoms with Crippen LogP contribution in [0.1, 0.15) is 12.8 Å². The van der Waals surface area contributed by atoms with Gasteiger partial charge in [-0.2, -0.15) is 0 Å². The topological polar surface area (TPSA) is 66.8 Å². The van der Waals surface area contributed by atoms with Crippen LogP contribution in [0.4, 0.5) is 0 Å². The third-order valence-corrected chi connectivity index (χ3v) is 0.765. The van der Waals surface area contributed by atoms with Crippen molar-refractivity contribution in [2.75, 3.05) is 13.4 Å². The molecule has 62 valence electrons. The zero-order valence-electron chi connectivity index (χ0n) is 5.75. The van der Waals surface area contributed by atoms with Crippen LogP contribution in [0.15, 0.2) is 0 Å². The quantitative estimate of drug-likeness (QED) is 0.354. The Labute approximate surface area is 78.3 Å². The summed E-state index contributed by atoms with van der Waals surface area (Å²) in [4.78, 5) is 10.3. The molecule has 0 radical (unpaired) electrons. The Morgan fingerprint density at radius 2 is 2.00 bits per heavy atom. The molecule has 10 heavy (non-hydrogen) atoms. The summed E-state index contributed by atoms with van der Waals surface area (Å²) < 4.78 is 4.15. The Kier molecular flexibility index (Phi) is 12.0. The van der Waals surface area contributed by atoms with E-state index in [1.165, 1.54) is 0 Å². The van der Waals surface area contributed by atoms with Crippen LogP contribution in [-0.2, 0) is 9.53 Å². The molecule has 0 heterocycles. The van der Waals surface area contributed by atoms with Gasteiger partial charge in [0.15, 0.2) is 6.79 Å². The Bertz CT molecular complexity index is 85.7. The van der Waals surface area contributed by atoms with Gasteiger partial charge in [-0.1, -0.05) is 0 Å². The standard InChI is InChI=1S/C5H10O4.Bi.3H/c6-3-1-2-5(8)9-4-7;;;;/h6-7H,1-4H2;;;;. The van der Waals surface area contributed by atoms with E-state index in [0.29, 0.717) is 6.42 Å². The summed E-state index contributed by atoms with van der Waals surface area (Å²) in [5, 5.41) is 16.2. The van der Waals surface area contributed by atoms with E-state index in [-0.39, 0.29) is 39.2 Å². The molecule has 0 atom stereocenters. The SMILES string of the molecule is O=C(CCCO)OCO.[BiH3]. The van der Waals surface area contributed by atoms with Crippen LogP contribution in [0, 0.1) is 0 Å². The molecule has 0 bridgehead atoms. The molecule has 4 nitrogen and oxygen atoms in total. The van der Waals surface area contributed by atoms with E-state index < -0.39 is 12.8 Å². The molecule has 0 aliphatic rings. The van der Waals surface area contributed by atoms with Crippen molar-refractivity contribution in [3.63, 3.8) is 0 Å². The molecule has 0 aromatic carbocycles. The van der Waals surface area contributed by atoms with E-state index in [0.717, 1.165) is 0 Å². The molecule has 0 fully saturated rings. The first kappa shape index (κ1) is 12.9. The van der Waals surface area contributed by atoms with E-state index in [1.807, 2.05) is 0 Å². The fourth-order valence-electron chi connectivity index (χ4n) is 0.368. The van der Waals surface area contributed by atoms with Crippen molar-refractivity contribution < 1.29 is 19.7 Å². The molecule has 0 spiro atoms. The molecule has 0 aliphatic heterocycles. The number of esters is 1. The second-order valence-corrected chi connectivity index (χ2v) is 1.47. The van der Waals surface area contributed by atoms with Gasteiger partial charge in [0.25, 0.3) is 0 Å². The van der Waals surface area contributed by atoms with Crippen LogP contribution in [0.5, 0.6) is 0 Å². The van der Waals surface area contributed by atoms with Gasteiger partial charge in [-0.05, 0) is 6.42 Å². The van der Waals surface area contributed by atoms with Gasteiger partial charge in [-0.15, -0.1) is 0 Å². The predicted molar refractivity (Wildman–Crippen MR) is 39.4 cm³/mol. The monoisotopic (exact) mass is 346 g/mol. The molecular formula is C5H13BiO4. The van der Waals surface area contributed by atoms with Gasteiger partial charge in [0.2, 0.25) is 0 Å². The van der Waals surface area contributed by atoms with Gasteiger partial charge < -0.3 is 14.9 Å². The third kappa shape index (κ3) is 8.27. The molecule has 5 heteroatoms. The molecule has 2 N–H and O–H groups in total. The normalized spacial score (nSPS) is 8.20. The third-order valence-electron chi connectivity index (χ3n) is 0.765. The van der Waals surface area contributed by atoms with Gasteiger partial charge in [-0.3, -0.25) is 4.79 Å². The molecule has 0 aromatic heterocycles. The number of carbonyl (C=O) groups is 1. The maximum absolute atomic E-state index is 10.3. The summed E-state index contributed by atoms with van der Waals surface area (Å²) in [6, 6.07) is 0. The molecular weight excluding hydrogens is 333 g/mol. The molecule has 0 unspecified atom stereocenters. The van der Waals surface area contributed by atoms with Crippen LogP contribution >= 0.6 is 0 Å². The average molecular weight is 346 g/mol. The number of aliphatic hydroxyl groups is 2. The van der Waals surface area contributed by atoms with Crippen molar-refractivity contribution in [2.45, 2.75) is 12.8 Å². The number of rotatable bonds is 4. The Morgan fingerprint density at radius 1 is 1.40 bits per heavy atom. The number of hydrogen-bond donors (Lipinski definition) is 2. The van der Waals surface area contributed by atoms with E-state index >= 15 is 0 Å². The van der Waals surface area contributed by atoms with Gasteiger partial charge in [0, 0.05) is 13.0 Å². The van der Waals surface area contributed by atoms with Crippen molar-refractivity contribution in [1.29, 1.82) is 0 Å². The fraction of sp³-hybridized carbons (Fsp3) is 0.800. The zero-order valence-corrected chi connectivity index (χ0v) is 11.2. The van der Waals surface area contributed by atoms with Crippen molar-refractivity contribution in [2.24, 2.45) is 0 Å². The number of ether oxygens (including phenoxy) is 1. The minimum atomic E-state index is -0.579. The van der Waals surface area contributed by atoms with Gasteiger partial charge in [-0.25, -0.2) is 0 Å². The maximum atomic E-state index is 10.3. The second-order valence-electron chi connectivity index (χ2n) is 1.47. The van der Waals surface area contributed by atoms with Crippen molar-refractivity contribution in [3.05, 3.63) is 0 Å². The van der Waals surface area contributed by atoms with Crippen LogP contribution in [-0.4, -0.2) is 55.8 Å². The van der Waals surface area contributed by atoms with E-state index in [2.05, 4.69) is 4.74 Å². The zero-order chi connectivity index (χ0) is 7.11. The molecule has 0 saturated carbocycles. The number of aliphatic hydroxyl groups excluding tert-OH is 2. The van der Waals surface area contributed by atoms with Crippen molar-refractivity contribution >= 4 is 32.2 Å². The summed E-state index contributed by atoms with van der Waals surface area (Å²) in [7, 11) is 0. The van der Waals surface area contributed by atoms with Crippen LogP contribution in [0.2, 0.25) is 0 Å². The number of carbonyl (C=O) groups excluding carboxylic acids is 1. The van der Waals surface area contributed by atoms with Gasteiger partial charge in [0.05, 0.1) is 0 Å². The summed E-state index contributed by atoms with van der Waals surface area (Å²) in [5.41, 5.74) is 0. The fourth-order valence-corrected chi connectivity index (χ4v) is 0.368. The summed E-state index contributed by atoms with van der Waals surface area (Å²) in [6.07, 6.45) is 0.551. The minimum absolute atomic E-state index is 0. The Hall–Kier alpha value is 0.273. The first-order chi connectivity index (χ1) is 4.31. The van der Waals surface area contributed by atoms with E-state index in [1.54, 1.807) is 0 Å². The van der Waals surface area contributed by atoms with Crippen LogP contribution in [0.3, 0.4) is 0 Å². The van der Waals surface area contributed by atoms with Gasteiger partial charge in [0.1, 0.15) is 0 Å².